The van der Waals surface area contributed by atoms with Crippen LogP contribution in [0.3, 0.4) is 0 Å². The standard InChI is InChI=1S/C36H57NO10/c1-5-21-7-6-8-29(47-31-12-11-28(37)18(3)43-31)17(2)32(39)27-15-25-23(26(27)16-30(38)45-21)10-9-20-13-22(14-24(20)25)46-36-35(42)34(41)33(40)19(4)44-36/h15,17-26,28-29,31,33-36,40-42H,5-14,16,37H2,1-4H3/t17?,18-,19+,20?,21?,22?,23?,24?,25?,26?,28+,29?,31?,33+,34-,35-,36+/m1/s1. The second kappa shape index (κ2) is 14.8. The molecule has 10 unspecified atom stereocenters. The zero-order chi connectivity index (χ0) is 33.6. The van der Waals surface area contributed by atoms with E-state index in [-0.39, 0.29) is 72.3 Å². The monoisotopic (exact) mass is 663 g/mol. The van der Waals surface area contributed by atoms with Crippen LogP contribution in [0.4, 0.5) is 0 Å². The van der Waals surface area contributed by atoms with Gasteiger partial charge in [0.15, 0.2) is 18.4 Å². The Morgan fingerprint density at radius 1 is 0.872 bits per heavy atom. The Bertz CT molecular complexity index is 1150. The molecule has 5 N–H and O–H groups in total. The SMILES string of the molecule is CCC1CCCC(OC2CC[C@H](N)[C@@H](C)O2)C(C)C(=O)C2=CC3C4CC(O[C@@H]5O[C@@H](C)[C@H](O)[C@@H](O)[C@H]5O)CC4CCC3C2CC(=O)O1. The number of rotatable bonds is 5. The van der Waals surface area contributed by atoms with Crippen molar-refractivity contribution in [1.82, 2.24) is 0 Å². The van der Waals surface area contributed by atoms with Crippen molar-refractivity contribution < 1.29 is 48.6 Å². The number of allylic oxidation sites excluding steroid dienone is 2. The molecule has 0 aromatic heterocycles. The normalized spacial score (nSPS) is 49.5. The number of carbonyl (C=O) groups excluding carboxylic acids is 2. The summed E-state index contributed by atoms with van der Waals surface area (Å²) in [5.41, 5.74) is 6.93. The minimum Gasteiger partial charge on any atom is -0.462 e. The number of fused-ring (bicyclic) bond motifs is 5. The van der Waals surface area contributed by atoms with Crippen LogP contribution < -0.4 is 5.73 Å². The summed E-state index contributed by atoms with van der Waals surface area (Å²) in [7, 11) is 0. The number of carbonyl (C=O) groups is 2. The van der Waals surface area contributed by atoms with Gasteiger partial charge in [0.25, 0.3) is 0 Å². The number of hydrogen-bond donors (Lipinski definition) is 4. The van der Waals surface area contributed by atoms with E-state index in [1.54, 1.807) is 6.92 Å². The molecule has 5 fully saturated rings. The molecule has 0 aromatic rings. The lowest BCUT2D eigenvalue weighted by Crippen LogP contribution is -2.57. The second-order valence-corrected chi connectivity index (χ2v) is 15.4. The van der Waals surface area contributed by atoms with E-state index in [0.717, 1.165) is 56.9 Å². The molecular formula is C36H57NO10. The van der Waals surface area contributed by atoms with E-state index >= 15 is 0 Å². The van der Waals surface area contributed by atoms with Crippen LogP contribution in [0.15, 0.2) is 11.6 Å². The predicted octanol–water partition coefficient (Wildman–Crippen LogP) is 3.15. The van der Waals surface area contributed by atoms with Crippen molar-refractivity contribution in [3.8, 4) is 0 Å². The van der Waals surface area contributed by atoms with Gasteiger partial charge in [-0.1, -0.05) is 19.9 Å². The van der Waals surface area contributed by atoms with Gasteiger partial charge in [0, 0.05) is 17.9 Å². The van der Waals surface area contributed by atoms with Gasteiger partial charge in [-0.05, 0) is 107 Å². The largest absolute Gasteiger partial charge is 0.462 e. The number of cyclic esters (lactones) is 1. The number of Topliss-reactive ketones (excluding diaryl/α,β-unsaturated/α-hetero) is 1. The predicted molar refractivity (Wildman–Crippen MR) is 170 cm³/mol. The van der Waals surface area contributed by atoms with Crippen LogP contribution in [0.2, 0.25) is 0 Å². The van der Waals surface area contributed by atoms with Crippen molar-refractivity contribution in [2.24, 2.45) is 41.2 Å². The fraction of sp³-hybridized carbons (Fsp3) is 0.889. The summed E-state index contributed by atoms with van der Waals surface area (Å²) in [4.78, 5) is 27.8. The maximum absolute atomic E-state index is 14.5. The summed E-state index contributed by atoms with van der Waals surface area (Å²) in [6.07, 6.45) is 3.50. The molecule has 6 rings (SSSR count). The van der Waals surface area contributed by atoms with E-state index in [0.29, 0.717) is 18.8 Å². The fourth-order valence-corrected chi connectivity index (χ4v) is 9.50. The fourth-order valence-electron chi connectivity index (χ4n) is 9.50. The quantitative estimate of drug-likeness (QED) is 0.319. The van der Waals surface area contributed by atoms with Crippen LogP contribution in [-0.2, 0) is 33.3 Å². The summed E-state index contributed by atoms with van der Waals surface area (Å²) in [6, 6.07) is -0.0225. The third kappa shape index (κ3) is 7.38. The average Bonchev–Trinajstić information content (AvgIpc) is 3.63. The molecule has 6 aliphatic rings. The van der Waals surface area contributed by atoms with E-state index in [2.05, 4.69) is 6.08 Å². The first-order chi connectivity index (χ1) is 22.4. The molecule has 0 spiro atoms. The van der Waals surface area contributed by atoms with Crippen molar-refractivity contribution >= 4 is 11.8 Å². The minimum absolute atomic E-state index is 0.0225. The van der Waals surface area contributed by atoms with Crippen LogP contribution in [0.1, 0.15) is 98.3 Å². The summed E-state index contributed by atoms with van der Waals surface area (Å²) in [5.74, 6) is 0.168. The van der Waals surface area contributed by atoms with Gasteiger partial charge in [-0.3, -0.25) is 9.59 Å². The van der Waals surface area contributed by atoms with E-state index < -0.39 is 42.9 Å². The number of hydrogen-bond acceptors (Lipinski definition) is 11. The van der Waals surface area contributed by atoms with Crippen LogP contribution in [0.25, 0.3) is 0 Å². The minimum atomic E-state index is -1.34. The highest BCUT2D eigenvalue weighted by Crippen LogP contribution is 2.57. The summed E-state index contributed by atoms with van der Waals surface area (Å²) < 4.78 is 30.7. The molecule has 0 aromatic carbocycles. The number of esters is 1. The molecule has 3 aliphatic heterocycles. The first-order valence-electron chi connectivity index (χ1n) is 18.3. The van der Waals surface area contributed by atoms with Crippen molar-refractivity contribution in [2.45, 2.75) is 166 Å². The Kier molecular flexibility index (Phi) is 11.2. The Balaban J connectivity index is 1.21. The molecule has 3 heterocycles. The zero-order valence-corrected chi connectivity index (χ0v) is 28.4. The highest BCUT2D eigenvalue weighted by molar-refractivity contribution is 5.99. The highest BCUT2D eigenvalue weighted by atomic mass is 16.7. The maximum atomic E-state index is 14.5. The maximum Gasteiger partial charge on any atom is 0.306 e. The van der Waals surface area contributed by atoms with Gasteiger partial charge in [-0.2, -0.15) is 0 Å². The van der Waals surface area contributed by atoms with Crippen LogP contribution in [0.5, 0.6) is 0 Å². The molecule has 3 aliphatic carbocycles. The lowest BCUT2D eigenvalue weighted by Gasteiger charge is -2.40. The summed E-state index contributed by atoms with van der Waals surface area (Å²) >= 11 is 0. The molecular weight excluding hydrogens is 606 g/mol. The molecule has 266 valence electrons. The Hall–Kier alpha value is -1.44. The van der Waals surface area contributed by atoms with E-state index in [1.165, 1.54) is 0 Å². The highest BCUT2D eigenvalue weighted by Gasteiger charge is 2.53. The van der Waals surface area contributed by atoms with Gasteiger partial charge in [0.2, 0.25) is 0 Å². The zero-order valence-electron chi connectivity index (χ0n) is 28.4. The van der Waals surface area contributed by atoms with Gasteiger partial charge >= 0.3 is 5.97 Å². The van der Waals surface area contributed by atoms with Crippen LogP contribution in [0, 0.1) is 35.5 Å². The molecule has 2 saturated carbocycles. The molecule has 11 heteroatoms. The van der Waals surface area contributed by atoms with Gasteiger partial charge in [-0.25, -0.2) is 0 Å². The lowest BCUT2D eigenvalue weighted by atomic mass is 9.66. The van der Waals surface area contributed by atoms with Crippen LogP contribution in [-0.4, -0.2) is 94.5 Å². The van der Waals surface area contributed by atoms with Crippen molar-refractivity contribution in [3.63, 3.8) is 0 Å². The Labute approximate surface area is 278 Å². The molecule has 0 amide bonds. The smallest absolute Gasteiger partial charge is 0.306 e. The first-order valence-corrected chi connectivity index (χ1v) is 18.3. The van der Waals surface area contributed by atoms with Gasteiger partial charge in [0.05, 0.1) is 30.8 Å². The number of ketones is 1. The summed E-state index contributed by atoms with van der Waals surface area (Å²) in [5, 5.41) is 31.0. The second-order valence-electron chi connectivity index (χ2n) is 15.4. The molecule has 11 nitrogen and oxygen atoms in total. The van der Waals surface area contributed by atoms with Crippen molar-refractivity contribution in [2.75, 3.05) is 0 Å². The molecule has 47 heavy (non-hydrogen) atoms. The first kappa shape index (κ1) is 35.4. The number of nitrogens with two attached hydrogens (primary N) is 1. The van der Waals surface area contributed by atoms with Gasteiger partial charge in [-0.15, -0.1) is 0 Å². The topological polar surface area (TPSA) is 167 Å². The van der Waals surface area contributed by atoms with Gasteiger partial charge in [0.1, 0.15) is 24.4 Å². The molecule has 17 atom stereocenters. The molecule has 0 bridgehead atoms. The Morgan fingerprint density at radius 3 is 2.40 bits per heavy atom. The van der Waals surface area contributed by atoms with E-state index in [1.807, 2.05) is 20.8 Å². The van der Waals surface area contributed by atoms with E-state index in [4.69, 9.17) is 29.4 Å². The lowest BCUT2D eigenvalue weighted by molar-refractivity contribution is -0.303. The molecule has 0 radical (unpaired) electrons. The average molecular weight is 664 g/mol. The van der Waals surface area contributed by atoms with Gasteiger partial charge < -0.3 is 44.7 Å². The number of ether oxygens (including phenoxy) is 5. The molecule has 3 saturated heterocycles. The van der Waals surface area contributed by atoms with Crippen LogP contribution >= 0.6 is 0 Å². The Morgan fingerprint density at radius 2 is 1.66 bits per heavy atom. The number of aliphatic hydroxyl groups excluding tert-OH is 3. The number of aliphatic hydroxyl groups is 3. The summed E-state index contributed by atoms with van der Waals surface area (Å²) in [6.45, 7) is 7.63. The third-order valence-electron chi connectivity index (χ3n) is 12.4. The van der Waals surface area contributed by atoms with E-state index in [9.17, 15) is 24.9 Å². The van der Waals surface area contributed by atoms with Crippen molar-refractivity contribution in [1.29, 1.82) is 0 Å². The third-order valence-corrected chi connectivity index (χ3v) is 12.4. The van der Waals surface area contributed by atoms with Crippen molar-refractivity contribution in [3.05, 3.63) is 11.6 Å².